The van der Waals surface area contributed by atoms with Crippen molar-refractivity contribution in [2.24, 2.45) is 0 Å². The summed E-state index contributed by atoms with van der Waals surface area (Å²) in [5, 5.41) is 0.517. The lowest BCUT2D eigenvalue weighted by Crippen LogP contribution is -2.56. The second kappa shape index (κ2) is 8.16. The van der Waals surface area contributed by atoms with E-state index < -0.39 is 17.8 Å². The van der Waals surface area contributed by atoms with E-state index in [1.54, 1.807) is 61.7 Å². The lowest BCUT2D eigenvalue weighted by atomic mass is 9.99. The van der Waals surface area contributed by atoms with Gasteiger partial charge in [0.1, 0.15) is 24.2 Å². The Morgan fingerprint density at radius 1 is 0.967 bits per heavy atom. The molecule has 3 aromatic carbocycles. The van der Waals surface area contributed by atoms with E-state index in [1.165, 1.54) is 28.0 Å². The number of anilines is 2. The molecule has 30 heavy (non-hydrogen) atoms. The van der Waals surface area contributed by atoms with Gasteiger partial charge < -0.3 is 4.74 Å². The first-order valence-electron chi connectivity index (χ1n) is 9.27. The van der Waals surface area contributed by atoms with Gasteiger partial charge >= 0.3 is 0 Å². The summed E-state index contributed by atoms with van der Waals surface area (Å²) < 4.78 is 19.6. The number of piperazine rings is 1. The van der Waals surface area contributed by atoms with E-state index >= 15 is 0 Å². The molecule has 1 aliphatic heterocycles. The van der Waals surface area contributed by atoms with Crippen LogP contribution < -0.4 is 14.5 Å². The maximum absolute atomic E-state index is 14.4. The Morgan fingerprint density at radius 2 is 1.63 bits per heavy atom. The molecule has 1 aliphatic rings. The number of para-hydroxylation sites is 1. The number of ether oxygens (including phenoxy) is 1. The third kappa shape index (κ3) is 3.62. The number of carbonyl (C=O) groups is 2. The fourth-order valence-electron chi connectivity index (χ4n) is 3.54. The summed E-state index contributed by atoms with van der Waals surface area (Å²) in [5.41, 5.74) is 1.20. The van der Waals surface area contributed by atoms with E-state index in [9.17, 15) is 14.0 Å². The predicted molar refractivity (Wildman–Crippen MR) is 113 cm³/mol. The number of benzene rings is 3. The van der Waals surface area contributed by atoms with Gasteiger partial charge in [0.15, 0.2) is 0 Å². The van der Waals surface area contributed by atoms with Crippen molar-refractivity contribution in [3.8, 4) is 5.75 Å². The minimum Gasteiger partial charge on any atom is -0.497 e. The fourth-order valence-corrected chi connectivity index (χ4v) is 3.66. The molecule has 5 nitrogen and oxygen atoms in total. The number of rotatable bonds is 4. The molecule has 1 heterocycles. The van der Waals surface area contributed by atoms with Crippen molar-refractivity contribution in [1.82, 2.24) is 0 Å². The number of carbonyl (C=O) groups excluding carboxylic acids is 2. The number of hydrogen-bond acceptors (Lipinski definition) is 3. The molecule has 0 bridgehead atoms. The quantitative estimate of drug-likeness (QED) is 0.614. The summed E-state index contributed by atoms with van der Waals surface area (Å²) in [7, 11) is 1.55. The van der Waals surface area contributed by atoms with Crippen molar-refractivity contribution < 1.29 is 18.7 Å². The first-order chi connectivity index (χ1) is 14.5. The molecule has 7 heteroatoms. The monoisotopic (exact) mass is 424 g/mol. The first kappa shape index (κ1) is 19.9. The number of amides is 2. The molecule has 0 radical (unpaired) electrons. The average molecular weight is 425 g/mol. The van der Waals surface area contributed by atoms with Crippen LogP contribution in [-0.4, -0.2) is 25.5 Å². The van der Waals surface area contributed by atoms with Crippen LogP contribution in [0.1, 0.15) is 11.6 Å². The van der Waals surface area contributed by atoms with Crippen molar-refractivity contribution in [2.45, 2.75) is 6.04 Å². The van der Waals surface area contributed by atoms with Gasteiger partial charge in [-0.25, -0.2) is 4.39 Å². The van der Waals surface area contributed by atoms with E-state index in [0.717, 1.165) is 0 Å². The van der Waals surface area contributed by atoms with Gasteiger partial charge in [-0.2, -0.15) is 0 Å². The number of hydrogen-bond donors (Lipinski definition) is 0. The Labute approximate surface area is 178 Å². The van der Waals surface area contributed by atoms with Crippen molar-refractivity contribution >= 4 is 34.8 Å². The molecule has 4 rings (SSSR count). The highest BCUT2D eigenvalue weighted by molar-refractivity contribution is 6.30. The van der Waals surface area contributed by atoms with Gasteiger partial charge in [0.05, 0.1) is 12.8 Å². The Balaban J connectivity index is 1.82. The van der Waals surface area contributed by atoms with Crippen LogP contribution in [0.2, 0.25) is 5.02 Å². The Hall–Kier alpha value is -3.38. The largest absolute Gasteiger partial charge is 0.497 e. The maximum atomic E-state index is 14.4. The Bertz CT molecular complexity index is 1090. The summed E-state index contributed by atoms with van der Waals surface area (Å²) in [4.78, 5) is 29.3. The molecule has 0 saturated carbocycles. The molecule has 0 aromatic heterocycles. The topological polar surface area (TPSA) is 49.9 Å². The number of nitrogens with zero attached hydrogens (tertiary/aromatic N) is 2. The van der Waals surface area contributed by atoms with E-state index in [4.69, 9.17) is 16.3 Å². The maximum Gasteiger partial charge on any atom is 0.255 e. The standard InChI is InChI=1S/C23H18ClFN2O3/c1-30-18-12-6-15(7-13-18)22-23(29)26(20-5-3-2-4-19(20)25)14-21(28)27(22)17-10-8-16(24)9-11-17/h2-13,22H,14H2,1H3/t22-/m0/s1. The van der Waals surface area contributed by atoms with E-state index in [0.29, 0.717) is 22.0 Å². The van der Waals surface area contributed by atoms with Gasteiger partial charge in [0.25, 0.3) is 5.91 Å². The smallest absolute Gasteiger partial charge is 0.255 e. The molecular weight excluding hydrogens is 407 g/mol. The van der Waals surface area contributed by atoms with Crippen molar-refractivity contribution in [1.29, 1.82) is 0 Å². The van der Waals surface area contributed by atoms with Gasteiger partial charge in [-0.1, -0.05) is 35.9 Å². The van der Waals surface area contributed by atoms with Crippen LogP contribution >= 0.6 is 11.6 Å². The number of methoxy groups -OCH3 is 1. The molecule has 0 N–H and O–H groups in total. The predicted octanol–water partition coefficient (Wildman–Crippen LogP) is 4.61. The third-order valence-electron chi connectivity index (χ3n) is 5.00. The SMILES string of the molecule is COc1ccc([C@H]2C(=O)N(c3ccccc3F)CC(=O)N2c2ccc(Cl)cc2)cc1. The molecule has 2 amide bonds. The van der Waals surface area contributed by atoms with Gasteiger partial charge in [-0.15, -0.1) is 0 Å². The van der Waals surface area contributed by atoms with Crippen molar-refractivity contribution in [2.75, 3.05) is 23.5 Å². The summed E-state index contributed by atoms with van der Waals surface area (Å²) in [6.07, 6.45) is 0. The average Bonchev–Trinajstić information content (AvgIpc) is 2.76. The molecule has 0 spiro atoms. The summed E-state index contributed by atoms with van der Waals surface area (Å²) >= 11 is 5.99. The minimum absolute atomic E-state index is 0.0742. The van der Waals surface area contributed by atoms with Gasteiger partial charge in [-0.3, -0.25) is 19.4 Å². The van der Waals surface area contributed by atoms with Crippen molar-refractivity contribution in [3.05, 3.63) is 89.2 Å². The second-order valence-corrected chi connectivity index (χ2v) is 7.23. The molecule has 0 unspecified atom stereocenters. The highest BCUT2D eigenvalue weighted by Gasteiger charge is 2.42. The lowest BCUT2D eigenvalue weighted by molar-refractivity contribution is -0.128. The molecular formula is C23H18ClFN2O3. The van der Waals surface area contributed by atoms with Gasteiger partial charge in [0, 0.05) is 10.7 Å². The van der Waals surface area contributed by atoms with Crippen LogP contribution in [-0.2, 0) is 9.59 Å². The summed E-state index contributed by atoms with van der Waals surface area (Å²) in [6, 6.07) is 18.5. The summed E-state index contributed by atoms with van der Waals surface area (Å²) in [5.74, 6) is -0.676. The van der Waals surface area contributed by atoms with E-state index in [1.807, 2.05) is 0 Å². The van der Waals surface area contributed by atoms with Crippen LogP contribution in [0.4, 0.5) is 15.8 Å². The van der Waals surface area contributed by atoms with Crippen LogP contribution in [0.5, 0.6) is 5.75 Å². The van der Waals surface area contributed by atoms with Crippen LogP contribution in [0.3, 0.4) is 0 Å². The first-order valence-corrected chi connectivity index (χ1v) is 9.65. The highest BCUT2D eigenvalue weighted by Crippen LogP contribution is 2.36. The highest BCUT2D eigenvalue weighted by atomic mass is 35.5. The zero-order chi connectivity index (χ0) is 21.3. The fraction of sp³-hybridized carbons (Fsp3) is 0.130. The zero-order valence-electron chi connectivity index (χ0n) is 16.1. The van der Waals surface area contributed by atoms with E-state index in [2.05, 4.69) is 0 Å². The molecule has 1 atom stereocenters. The third-order valence-corrected chi connectivity index (χ3v) is 5.25. The normalized spacial score (nSPS) is 16.7. The molecule has 0 aliphatic carbocycles. The zero-order valence-corrected chi connectivity index (χ0v) is 16.8. The van der Waals surface area contributed by atoms with Crippen LogP contribution in [0.25, 0.3) is 0 Å². The number of halogens is 2. The minimum atomic E-state index is -0.960. The molecule has 1 saturated heterocycles. The molecule has 152 valence electrons. The Kier molecular flexibility index (Phi) is 5.42. The van der Waals surface area contributed by atoms with E-state index in [-0.39, 0.29) is 18.1 Å². The summed E-state index contributed by atoms with van der Waals surface area (Å²) in [6.45, 7) is -0.269. The molecule has 3 aromatic rings. The van der Waals surface area contributed by atoms with Gasteiger partial charge in [0.2, 0.25) is 5.91 Å². The lowest BCUT2D eigenvalue weighted by Gasteiger charge is -2.40. The second-order valence-electron chi connectivity index (χ2n) is 6.79. The van der Waals surface area contributed by atoms with Crippen LogP contribution in [0, 0.1) is 5.82 Å². The van der Waals surface area contributed by atoms with Gasteiger partial charge in [-0.05, 0) is 54.1 Å². The van der Waals surface area contributed by atoms with Crippen LogP contribution in [0.15, 0.2) is 72.8 Å². The molecule has 1 fully saturated rings. The Morgan fingerprint density at radius 3 is 2.27 bits per heavy atom. The van der Waals surface area contributed by atoms with Crippen molar-refractivity contribution in [3.63, 3.8) is 0 Å².